The first-order chi connectivity index (χ1) is 18.6. The average Bonchev–Trinajstić information content (AvgIpc) is 3.46. The molecule has 204 valence electrons. The van der Waals surface area contributed by atoms with E-state index in [9.17, 15) is 4.21 Å². The van der Waals surface area contributed by atoms with E-state index in [-0.39, 0.29) is 5.41 Å². The van der Waals surface area contributed by atoms with E-state index in [1.807, 2.05) is 26.0 Å². The number of hydrogen-bond acceptors (Lipinski definition) is 5. The number of benzene rings is 2. The van der Waals surface area contributed by atoms with Gasteiger partial charge in [0.2, 0.25) is 0 Å². The molecule has 1 saturated heterocycles. The maximum Gasteiger partial charge on any atom is 0.157 e. The number of aromatic amines is 1. The van der Waals surface area contributed by atoms with E-state index in [1.165, 1.54) is 22.9 Å². The van der Waals surface area contributed by atoms with Crippen molar-refractivity contribution in [3.63, 3.8) is 0 Å². The summed E-state index contributed by atoms with van der Waals surface area (Å²) in [5.74, 6) is 1.39. The first kappa shape index (κ1) is 27.1. The normalized spacial score (nSPS) is 19.5. The highest BCUT2D eigenvalue weighted by Gasteiger charge is 2.49. The van der Waals surface area contributed by atoms with Gasteiger partial charge < -0.3 is 9.88 Å². The fraction of sp³-hybridized carbons (Fsp3) is 0.379. The fourth-order valence-electron chi connectivity index (χ4n) is 6.25. The minimum atomic E-state index is -1.38. The monoisotopic (exact) mass is 599 g/mol. The third kappa shape index (κ3) is 5.10. The number of nitrogens with zero attached hydrogens (tertiary/aromatic N) is 3. The van der Waals surface area contributed by atoms with Crippen LogP contribution in [0.5, 0.6) is 0 Å². The van der Waals surface area contributed by atoms with E-state index in [4.69, 9.17) is 33.3 Å². The van der Waals surface area contributed by atoms with Crippen molar-refractivity contribution < 1.29 is 4.21 Å². The highest BCUT2D eigenvalue weighted by Crippen LogP contribution is 2.56. The minimum Gasteiger partial charge on any atom is -0.358 e. The Bertz CT molecular complexity index is 1560. The number of hydrogen-bond donors (Lipinski definition) is 2. The summed E-state index contributed by atoms with van der Waals surface area (Å²) < 4.78 is 11.9. The van der Waals surface area contributed by atoms with Gasteiger partial charge in [0.05, 0.1) is 32.0 Å². The molecule has 1 spiro atoms. The van der Waals surface area contributed by atoms with Crippen LogP contribution in [-0.4, -0.2) is 37.0 Å². The van der Waals surface area contributed by atoms with Crippen LogP contribution < -0.4 is 10.0 Å². The van der Waals surface area contributed by atoms with Crippen molar-refractivity contribution in [2.24, 2.45) is 10.6 Å². The molecule has 1 aliphatic heterocycles. The number of piperidine rings is 1. The molecule has 2 aromatic carbocycles. The SMILES string of the molecule is CC(C)(C[C@@H]1c2ccccc2CC12CCN(c1cc3nc(Sc4cccc(Cl)c4Cl)cnc3[nH]1)CC2)S(N)=O. The summed E-state index contributed by atoms with van der Waals surface area (Å²) in [7, 11) is -1.38. The maximum absolute atomic E-state index is 12.4. The van der Waals surface area contributed by atoms with Crippen molar-refractivity contribution >= 4 is 62.9 Å². The van der Waals surface area contributed by atoms with Crippen molar-refractivity contribution in [3.8, 4) is 0 Å². The van der Waals surface area contributed by atoms with Gasteiger partial charge in [-0.25, -0.2) is 14.2 Å². The summed E-state index contributed by atoms with van der Waals surface area (Å²) >= 11 is 14.0. The molecule has 1 unspecified atom stereocenters. The number of nitrogens with one attached hydrogen (secondary N) is 1. The van der Waals surface area contributed by atoms with Crippen molar-refractivity contribution in [1.82, 2.24) is 15.0 Å². The Kier molecular flexibility index (Phi) is 7.21. The highest BCUT2D eigenvalue weighted by atomic mass is 35.5. The van der Waals surface area contributed by atoms with Gasteiger partial charge >= 0.3 is 0 Å². The molecule has 10 heteroatoms. The Hall–Kier alpha value is -2.10. The molecule has 3 N–H and O–H groups in total. The molecule has 2 atom stereocenters. The Labute approximate surface area is 245 Å². The molecular formula is C29H31Cl2N5OS2. The van der Waals surface area contributed by atoms with Crippen molar-refractivity contribution in [2.75, 3.05) is 18.0 Å². The molecule has 2 aliphatic rings. The number of H-pyrrole nitrogens is 1. The minimum absolute atomic E-state index is 0.152. The summed E-state index contributed by atoms with van der Waals surface area (Å²) in [6, 6.07) is 16.5. The molecule has 1 fully saturated rings. The molecule has 0 saturated carbocycles. The number of nitrogens with two attached hydrogens (primary N) is 1. The molecule has 1 aliphatic carbocycles. The van der Waals surface area contributed by atoms with E-state index in [2.05, 4.69) is 45.2 Å². The number of fused-ring (bicyclic) bond motifs is 2. The van der Waals surface area contributed by atoms with Gasteiger partial charge in [0, 0.05) is 24.1 Å². The van der Waals surface area contributed by atoms with E-state index in [1.54, 1.807) is 12.3 Å². The number of rotatable bonds is 6. The topological polar surface area (TPSA) is 87.9 Å². The molecule has 3 heterocycles. The second-order valence-corrected chi connectivity index (χ2v) is 14.8. The van der Waals surface area contributed by atoms with Crippen LogP contribution >= 0.6 is 35.0 Å². The highest BCUT2D eigenvalue weighted by molar-refractivity contribution is 7.99. The number of halogens is 2. The largest absolute Gasteiger partial charge is 0.358 e. The Morgan fingerprint density at radius 2 is 1.95 bits per heavy atom. The molecule has 6 rings (SSSR count). The second-order valence-electron chi connectivity index (χ2n) is 11.3. The predicted molar refractivity (Wildman–Crippen MR) is 162 cm³/mol. The van der Waals surface area contributed by atoms with Gasteiger partial charge in [-0.2, -0.15) is 0 Å². The van der Waals surface area contributed by atoms with Gasteiger partial charge in [-0.1, -0.05) is 65.3 Å². The van der Waals surface area contributed by atoms with E-state index < -0.39 is 15.7 Å². The Morgan fingerprint density at radius 1 is 1.18 bits per heavy atom. The van der Waals surface area contributed by atoms with Crippen molar-refractivity contribution in [3.05, 3.63) is 75.9 Å². The van der Waals surface area contributed by atoms with Crippen LogP contribution in [-0.2, 0) is 17.4 Å². The van der Waals surface area contributed by atoms with Crippen molar-refractivity contribution in [1.29, 1.82) is 0 Å². The molecule has 6 nitrogen and oxygen atoms in total. The standard InChI is InChI=1S/C29H31Cl2N5OS2/c1-28(2,39(32)37)16-20-19-7-4-3-6-18(19)15-29(20)10-12-36(13-11-29)24-14-22-27(35-24)33-17-25(34-22)38-23-9-5-8-21(30)26(23)31/h3-9,14,17,20H,10-13,15-16,32H2,1-2H3,(H,33,35)/t20-,39?/m1/s1. The summed E-state index contributed by atoms with van der Waals surface area (Å²) in [6.45, 7) is 5.93. The lowest BCUT2D eigenvalue weighted by molar-refractivity contribution is 0.170. The van der Waals surface area contributed by atoms with Crippen LogP contribution in [0.1, 0.15) is 50.2 Å². The van der Waals surface area contributed by atoms with Crippen LogP contribution in [0.15, 0.2) is 64.6 Å². The van der Waals surface area contributed by atoms with E-state index >= 15 is 0 Å². The van der Waals surface area contributed by atoms with Crippen LogP contribution in [0.4, 0.5) is 5.82 Å². The summed E-state index contributed by atoms with van der Waals surface area (Å²) in [6.07, 6.45) is 5.77. The first-order valence-corrected chi connectivity index (χ1v) is 15.9. The third-order valence-corrected chi connectivity index (χ3v) is 11.6. The van der Waals surface area contributed by atoms with Crippen LogP contribution in [0.3, 0.4) is 0 Å². The zero-order valence-corrected chi connectivity index (χ0v) is 25.1. The first-order valence-electron chi connectivity index (χ1n) is 13.1. The molecule has 0 radical (unpaired) electrons. The lowest BCUT2D eigenvalue weighted by Crippen LogP contribution is -2.44. The number of aromatic nitrogens is 3. The Balaban J connectivity index is 1.21. The second kappa shape index (κ2) is 10.4. The summed E-state index contributed by atoms with van der Waals surface area (Å²) in [5, 5.41) is 7.74. The van der Waals surface area contributed by atoms with Crippen LogP contribution in [0, 0.1) is 5.41 Å². The zero-order valence-electron chi connectivity index (χ0n) is 21.9. The zero-order chi connectivity index (χ0) is 27.4. The molecule has 0 amide bonds. The van der Waals surface area contributed by atoms with Gasteiger partial charge in [0.1, 0.15) is 16.4 Å². The molecular weight excluding hydrogens is 569 g/mol. The van der Waals surface area contributed by atoms with Gasteiger partial charge in [-0.15, -0.1) is 0 Å². The summed E-state index contributed by atoms with van der Waals surface area (Å²) in [4.78, 5) is 16.2. The van der Waals surface area contributed by atoms with Gasteiger partial charge in [0.25, 0.3) is 0 Å². The molecule has 2 aromatic heterocycles. The van der Waals surface area contributed by atoms with Gasteiger partial charge in [-0.3, -0.25) is 5.14 Å². The van der Waals surface area contributed by atoms with Gasteiger partial charge in [0.15, 0.2) is 5.65 Å². The fourth-order valence-corrected chi connectivity index (χ4v) is 7.88. The third-order valence-electron chi connectivity index (χ3n) is 8.48. The number of anilines is 1. The molecule has 4 aromatic rings. The smallest absolute Gasteiger partial charge is 0.157 e. The lowest BCUT2D eigenvalue weighted by atomic mass is 9.67. The quantitative estimate of drug-likeness (QED) is 0.246. The van der Waals surface area contributed by atoms with Crippen molar-refractivity contribution in [2.45, 2.75) is 60.1 Å². The lowest BCUT2D eigenvalue weighted by Gasteiger charge is -2.45. The van der Waals surface area contributed by atoms with Crippen LogP contribution in [0.2, 0.25) is 10.0 Å². The summed E-state index contributed by atoms with van der Waals surface area (Å²) in [5.41, 5.74) is 4.59. The predicted octanol–water partition coefficient (Wildman–Crippen LogP) is 7.13. The van der Waals surface area contributed by atoms with E-state index in [0.717, 1.165) is 65.7 Å². The maximum atomic E-state index is 12.4. The Morgan fingerprint density at radius 3 is 2.72 bits per heavy atom. The van der Waals surface area contributed by atoms with Gasteiger partial charge in [-0.05, 0) is 74.1 Å². The molecule has 0 bridgehead atoms. The van der Waals surface area contributed by atoms with E-state index in [0.29, 0.717) is 16.0 Å². The van der Waals surface area contributed by atoms with Crippen LogP contribution in [0.25, 0.3) is 11.2 Å². The molecule has 39 heavy (non-hydrogen) atoms. The average molecular weight is 601 g/mol.